The number of piperazine rings is 1. The number of carbonyl (C=O) groups excluding carboxylic acids is 1. The highest BCUT2D eigenvalue weighted by molar-refractivity contribution is 6.01. The summed E-state index contributed by atoms with van der Waals surface area (Å²) in [5, 5.41) is 4.15. The third kappa shape index (κ3) is 5.21. The minimum absolute atomic E-state index is 0.251. The first-order valence-corrected chi connectivity index (χ1v) is 10.3. The zero-order valence-electron chi connectivity index (χ0n) is 17.5. The van der Waals surface area contributed by atoms with E-state index in [1.807, 2.05) is 24.3 Å². The number of anilines is 1. The predicted octanol–water partition coefficient (Wildman–Crippen LogP) is 2.27. The van der Waals surface area contributed by atoms with E-state index in [0.717, 1.165) is 39.1 Å². The van der Waals surface area contributed by atoms with E-state index >= 15 is 0 Å². The summed E-state index contributed by atoms with van der Waals surface area (Å²) in [6, 6.07) is 12.6. The highest BCUT2D eigenvalue weighted by Gasteiger charge is 2.21. The summed E-state index contributed by atoms with van der Waals surface area (Å²) in [5.41, 5.74) is 6.14. The van der Waals surface area contributed by atoms with Crippen LogP contribution in [0.4, 0.5) is 10.1 Å². The SMILES string of the molecule is CCc1ccc(C(=O)N/N=C(/C)c2ccc(N3CC[NH+](CC)CC3)c(F)c2)cc1. The molecule has 154 valence electrons. The fourth-order valence-electron chi connectivity index (χ4n) is 3.56. The van der Waals surface area contributed by atoms with Gasteiger partial charge in [-0.1, -0.05) is 25.1 Å². The number of hydrogen-bond acceptors (Lipinski definition) is 3. The summed E-state index contributed by atoms with van der Waals surface area (Å²) in [7, 11) is 0. The van der Waals surface area contributed by atoms with Crippen molar-refractivity contribution in [2.45, 2.75) is 27.2 Å². The average Bonchev–Trinajstić information content (AvgIpc) is 2.77. The Balaban J connectivity index is 1.65. The van der Waals surface area contributed by atoms with Crippen LogP contribution in [0.25, 0.3) is 0 Å². The van der Waals surface area contributed by atoms with Gasteiger partial charge in [-0.05, 0) is 50.1 Å². The first-order valence-electron chi connectivity index (χ1n) is 10.3. The van der Waals surface area contributed by atoms with Crippen molar-refractivity contribution in [3.63, 3.8) is 0 Å². The van der Waals surface area contributed by atoms with Crippen LogP contribution in [0.5, 0.6) is 0 Å². The molecule has 0 saturated carbocycles. The Morgan fingerprint density at radius 1 is 1.10 bits per heavy atom. The van der Waals surface area contributed by atoms with Crippen LogP contribution in [0.3, 0.4) is 0 Å². The second-order valence-corrected chi connectivity index (χ2v) is 7.45. The molecule has 0 spiro atoms. The molecule has 0 aliphatic carbocycles. The van der Waals surface area contributed by atoms with E-state index < -0.39 is 0 Å². The molecule has 0 aromatic heterocycles. The van der Waals surface area contributed by atoms with E-state index in [0.29, 0.717) is 22.5 Å². The van der Waals surface area contributed by atoms with Gasteiger partial charge in [-0.15, -0.1) is 0 Å². The van der Waals surface area contributed by atoms with Crippen molar-refractivity contribution in [3.05, 3.63) is 65.0 Å². The number of hydrazone groups is 1. The normalized spacial score (nSPS) is 15.4. The van der Waals surface area contributed by atoms with E-state index in [-0.39, 0.29) is 11.7 Å². The molecule has 1 fully saturated rings. The smallest absolute Gasteiger partial charge is 0.271 e. The molecule has 0 unspecified atom stereocenters. The van der Waals surface area contributed by atoms with Gasteiger partial charge in [-0.3, -0.25) is 4.79 Å². The summed E-state index contributed by atoms with van der Waals surface area (Å²) >= 11 is 0. The van der Waals surface area contributed by atoms with Crippen LogP contribution >= 0.6 is 0 Å². The van der Waals surface area contributed by atoms with Crippen molar-refractivity contribution < 1.29 is 14.1 Å². The maximum atomic E-state index is 14.7. The van der Waals surface area contributed by atoms with E-state index in [9.17, 15) is 9.18 Å². The molecule has 2 aromatic rings. The Hall–Kier alpha value is -2.73. The second-order valence-electron chi connectivity index (χ2n) is 7.45. The lowest BCUT2D eigenvalue weighted by molar-refractivity contribution is -0.898. The Labute approximate surface area is 172 Å². The maximum absolute atomic E-state index is 14.7. The van der Waals surface area contributed by atoms with Crippen LogP contribution in [0.2, 0.25) is 0 Å². The van der Waals surface area contributed by atoms with Crippen LogP contribution < -0.4 is 15.2 Å². The van der Waals surface area contributed by atoms with Crippen LogP contribution in [0.15, 0.2) is 47.6 Å². The minimum Gasteiger partial charge on any atom is -0.358 e. The number of likely N-dealkylation sites (N-methyl/N-ethyl adjacent to an activating group) is 1. The highest BCUT2D eigenvalue weighted by atomic mass is 19.1. The molecule has 0 atom stereocenters. The van der Waals surface area contributed by atoms with Crippen LogP contribution in [-0.2, 0) is 6.42 Å². The van der Waals surface area contributed by atoms with E-state index in [4.69, 9.17) is 0 Å². The van der Waals surface area contributed by atoms with Gasteiger partial charge in [0.05, 0.1) is 44.1 Å². The Kier molecular flexibility index (Phi) is 6.99. The first kappa shape index (κ1) is 21.0. The molecule has 2 N–H and O–H groups in total. The number of carbonyl (C=O) groups is 1. The lowest BCUT2D eigenvalue weighted by Gasteiger charge is -2.33. The highest BCUT2D eigenvalue weighted by Crippen LogP contribution is 2.21. The standard InChI is InChI=1S/C23H29FN4O/c1-4-18-6-8-19(9-7-18)23(29)26-25-17(3)20-10-11-22(21(24)16-20)28-14-12-27(5-2)13-15-28/h6-11,16H,4-5,12-15H2,1-3H3,(H,26,29)/p+1/b25-17-. The lowest BCUT2D eigenvalue weighted by Crippen LogP contribution is -3.14. The molecular formula is C23H30FN4O+. The van der Waals surface area contributed by atoms with Crippen molar-refractivity contribution in [2.75, 3.05) is 37.6 Å². The lowest BCUT2D eigenvalue weighted by atomic mass is 10.1. The number of benzene rings is 2. The van der Waals surface area contributed by atoms with Gasteiger partial charge in [-0.2, -0.15) is 5.10 Å². The molecule has 0 bridgehead atoms. The molecule has 5 nitrogen and oxygen atoms in total. The number of rotatable bonds is 6. The van der Waals surface area contributed by atoms with Crippen LogP contribution in [0.1, 0.15) is 42.3 Å². The largest absolute Gasteiger partial charge is 0.358 e. The monoisotopic (exact) mass is 397 g/mol. The molecule has 29 heavy (non-hydrogen) atoms. The summed E-state index contributed by atoms with van der Waals surface area (Å²) in [6.45, 7) is 10.9. The molecule has 1 amide bonds. The number of nitrogens with zero attached hydrogens (tertiary/aromatic N) is 2. The molecule has 1 aliphatic rings. The second kappa shape index (κ2) is 9.65. The van der Waals surface area contributed by atoms with E-state index in [1.165, 1.54) is 11.6 Å². The molecule has 0 radical (unpaired) electrons. The van der Waals surface area contributed by atoms with Gasteiger partial charge >= 0.3 is 0 Å². The molecular weight excluding hydrogens is 367 g/mol. The average molecular weight is 398 g/mol. The fraction of sp³-hybridized carbons (Fsp3) is 0.391. The van der Waals surface area contributed by atoms with Gasteiger partial charge in [0, 0.05) is 11.1 Å². The number of halogens is 1. The number of aryl methyl sites for hydroxylation is 1. The van der Waals surface area contributed by atoms with Crippen molar-refractivity contribution in [1.82, 2.24) is 5.43 Å². The Morgan fingerprint density at radius 2 is 1.76 bits per heavy atom. The minimum atomic E-state index is -0.277. The van der Waals surface area contributed by atoms with Crippen LogP contribution in [0, 0.1) is 5.82 Å². The Morgan fingerprint density at radius 3 is 2.34 bits per heavy atom. The molecule has 3 rings (SSSR count). The van der Waals surface area contributed by atoms with Gasteiger partial charge in [0.15, 0.2) is 0 Å². The van der Waals surface area contributed by atoms with Gasteiger partial charge in [-0.25, -0.2) is 9.82 Å². The first-order chi connectivity index (χ1) is 14.0. The quantitative estimate of drug-likeness (QED) is 0.580. The van der Waals surface area contributed by atoms with E-state index in [1.54, 1.807) is 24.0 Å². The fourth-order valence-corrected chi connectivity index (χ4v) is 3.56. The van der Waals surface area contributed by atoms with Gasteiger partial charge < -0.3 is 9.80 Å². The topological polar surface area (TPSA) is 49.1 Å². The molecule has 6 heteroatoms. The van der Waals surface area contributed by atoms with E-state index in [2.05, 4.69) is 29.3 Å². The summed E-state index contributed by atoms with van der Waals surface area (Å²) < 4.78 is 14.7. The van der Waals surface area contributed by atoms with Gasteiger partial charge in [0.1, 0.15) is 5.82 Å². The molecule has 1 heterocycles. The zero-order chi connectivity index (χ0) is 20.8. The van der Waals surface area contributed by atoms with Crippen LogP contribution in [-0.4, -0.2) is 44.3 Å². The summed E-state index contributed by atoms with van der Waals surface area (Å²) in [5.74, 6) is -0.529. The van der Waals surface area contributed by atoms with Crippen molar-refractivity contribution in [3.8, 4) is 0 Å². The predicted molar refractivity (Wildman–Crippen MR) is 115 cm³/mol. The number of amides is 1. The molecule has 1 saturated heterocycles. The van der Waals surface area contributed by atoms with Gasteiger partial charge in [0.2, 0.25) is 0 Å². The van der Waals surface area contributed by atoms with Crippen molar-refractivity contribution >= 4 is 17.3 Å². The number of nitrogens with one attached hydrogen (secondary N) is 2. The third-order valence-corrected chi connectivity index (χ3v) is 5.63. The number of hydrogen-bond donors (Lipinski definition) is 2. The molecule has 1 aliphatic heterocycles. The third-order valence-electron chi connectivity index (χ3n) is 5.63. The summed E-state index contributed by atoms with van der Waals surface area (Å²) in [4.78, 5) is 15.9. The maximum Gasteiger partial charge on any atom is 0.271 e. The zero-order valence-corrected chi connectivity index (χ0v) is 17.5. The number of quaternary nitrogens is 1. The summed E-state index contributed by atoms with van der Waals surface area (Å²) in [6.07, 6.45) is 0.927. The van der Waals surface area contributed by atoms with Crippen molar-refractivity contribution in [2.24, 2.45) is 5.10 Å². The molecule has 2 aromatic carbocycles. The Bertz CT molecular complexity index is 871. The van der Waals surface area contributed by atoms with Crippen molar-refractivity contribution in [1.29, 1.82) is 0 Å². The van der Waals surface area contributed by atoms with Gasteiger partial charge in [0.25, 0.3) is 5.91 Å².